The minimum atomic E-state index is -3.63. The van der Waals surface area contributed by atoms with Gasteiger partial charge in [0.25, 0.3) is 10.2 Å². The van der Waals surface area contributed by atoms with Crippen LogP contribution in [0.25, 0.3) is 11.0 Å². The van der Waals surface area contributed by atoms with Crippen LogP contribution in [0, 0.1) is 0 Å². The molecular formula is C15H23N7O2S. The van der Waals surface area contributed by atoms with Gasteiger partial charge in [0.1, 0.15) is 11.6 Å². The van der Waals surface area contributed by atoms with Crippen LogP contribution in [0.5, 0.6) is 0 Å². The first-order chi connectivity index (χ1) is 11.9. The molecule has 1 aliphatic heterocycles. The summed E-state index contributed by atoms with van der Waals surface area (Å²) in [5, 5.41) is 10.5. The van der Waals surface area contributed by atoms with Gasteiger partial charge in [-0.15, -0.1) is 0 Å². The van der Waals surface area contributed by atoms with Crippen molar-refractivity contribution in [2.24, 2.45) is 12.2 Å². The fourth-order valence-electron chi connectivity index (χ4n) is 3.79. The number of rotatable bonds is 3. The Morgan fingerprint density at radius 2 is 1.80 bits per heavy atom. The Morgan fingerprint density at radius 3 is 2.44 bits per heavy atom. The fourth-order valence-corrected chi connectivity index (χ4v) is 4.46. The normalized spacial score (nSPS) is 20.6. The maximum atomic E-state index is 11.5. The quantitative estimate of drug-likeness (QED) is 0.840. The van der Waals surface area contributed by atoms with Crippen molar-refractivity contribution in [2.75, 3.05) is 31.1 Å². The largest absolute Gasteiger partial charge is 0.353 e. The molecule has 3 heterocycles. The van der Waals surface area contributed by atoms with Crippen molar-refractivity contribution in [1.82, 2.24) is 24.1 Å². The topological polar surface area (TPSA) is 110 Å². The van der Waals surface area contributed by atoms with Gasteiger partial charge in [-0.1, -0.05) is 12.8 Å². The number of piperazine rings is 1. The Morgan fingerprint density at radius 1 is 1.12 bits per heavy atom. The van der Waals surface area contributed by atoms with Crippen molar-refractivity contribution in [2.45, 2.75) is 31.6 Å². The van der Waals surface area contributed by atoms with Gasteiger partial charge in [0, 0.05) is 39.1 Å². The molecule has 2 aromatic rings. The van der Waals surface area contributed by atoms with Gasteiger partial charge in [-0.25, -0.2) is 15.1 Å². The van der Waals surface area contributed by atoms with E-state index in [1.807, 2.05) is 7.05 Å². The third-order valence-corrected chi connectivity index (χ3v) is 6.29. The average molecular weight is 365 g/mol. The van der Waals surface area contributed by atoms with E-state index in [2.05, 4.69) is 10.00 Å². The number of nitrogens with zero attached hydrogens (tertiary/aromatic N) is 6. The van der Waals surface area contributed by atoms with Crippen molar-refractivity contribution in [1.29, 1.82) is 0 Å². The van der Waals surface area contributed by atoms with Crippen LogP contribution in [0.4, 0.5) is 5.82 Å². The van der Waals surface area contributed by atoms with Gasteiger partial charge >= 0.3 is 0 Å². The third kappa shape index (κ3) is 3.09. The molecule has 0 amide bonds. The van der Waals surface area contributed by atoms with Gasteiger partial charge < -0.3 is 4.90 Å². The number of aromatic nitrogens is 4. The third-order valence-electron chi connectivity index (χ3n) is 5.21. The van der Waals surface area contributed by atoms with E-state index in [1.165, 1.54) is 17.1 Å². The maximum Gasteiger partial charge on any atom is 0.277 e. The molecule has 0 unspecified atom stereocenters. The summed E-state index contributed by atoms with van der Waals surface area (Å²) in [5.41, 5.74) is 0.834. The molecule has 2 aliphatic rings. The van der Waals surface area contributed by atoms with E-state index < -0.39 is 10.2 Å². The summed E-state index contributed by atoms with van der Waals surface area (Å²) in [6.07, 6.45) is 6.48. The van der Waals surface area contributed by atoms with Crippen molar-refractivity contribution in [3.63, 3.8) is 0 Å². The van der Waals surface area contributed by atoms with Crippen LogP contribution in [0.2, 0.25) is 0 Å². The minimum absolute atomic E-state index is 0.364. The molecule has 0 bridgehead atoms. The highest BCUT2D eigenvalue weighted by atomic mass is 32.2. The van der Waals surface area contributed by atoms with Crippen LogP contribution in [-0.4, -0.2) is 58.7 Å². The molecular weight excluding hydrogens is 342 g/mol. The second kappa shape index (κ2) is 6.19. The zero-order valence-corrected chi connectivity index (χ0v) is 15.1. The molecule has 9 nitrogen and oxygen atoms in total. The fraction of sp³-hybridized carbons (Fsp3) is 0.667. The highest BCUT2D eigenvalue weighted by Crippen LogP contribution is 2.35. The second-order valence-electron chi connectivity index (χ2n) is 6.82. The van der Waals surface area contributed by atoms with Crippen LogP contribution in [0.15, 0.2) is 6.20 Å². The summed E-state index contributed by atoms with van der Waals surface area (Å²) in [4.78, 5) is 11.7. The van der Waals surface area contributed by atoms with E-state index >= 15 is 0 Å². The number of fused-ring (bicyclic) bond motifs is 1. The van der Waals surface area contributed by atoms with Crippen LogP contribution in [0.1, 0.15) is 37.4 Å². The van der Waals surface area contributed by atoms with E-state index in [1.54, 1.807) is 10.9 Å². The smallest absolute Gasteiger partial charge is 0.277 e. The Hall–Kier alpha value is -1.78. The van der Waals surface area contributed by atoms with Crippen molar-refractivity contribution in [3.8, 4) is 0 Å². The molecule has 0 spiro atoms. The highest BCUT2D eigenvalue weighted by molar-refractivity contribution is 7.86. The first kappa shape index (κ1) is 16.7. The Labute approximate surface area is 147 Å². The number of nitrogens with two attached hydrogens (primary N) is 1. The Bertz CT molecular complexity index is 881. The molecule has 4 rings (SSSR count). The lowest BCUT2D eigenvalue weighted by Gasteiger charge is -2.34. The van der Waals surface area contributed by atoms with E-state index in [9.17, 15) is 8.42 Å². The van der Waals surface area contributed by atoms with Gasteiger partial charge in [-0.2, -0.15) is 17.8 Å². The number of hydrogen-bond acceptors (Lipinski definition) is 6. The Balaban J connectivity index is 1.69. The van der Waals surface area contributed by atoms with Crippen molar-refractivity contribution >= 4 is 27.1 Å². The molecule has 2 N–H and O–H groups in total. The lowest BCUT2D eigenvalue weighted by molar-refractivity contribution is 0.384. The summed E-state index contributed by atoms with van der Waals surface area (Å²) < 4.78 is 26.1. The van der Waals surface area contributed by atoms with E-state index in [0.29, 0.717) is 32.1 Å². The minimum Gasteiger partial charge on any atom is -0.353 e. The molecule has 1 saturated carbocycles. The van der Waals surface area contributed by atoms with E-state index in [-0.39, 0.29) is 0 Å². The van der Waals surface area contributed by atoms with Gasteiger partial charge in [-0.05, 0) is 12.8 Å². The molecule has 136 valence electrons. The van der Waals surface area contributed by atoms with E-state index in [4.69, 9.17) is 15.1 Å². The molecule has 1 aliphatic carbocycles. The SMILES string of the molecule is Cn1ncc2c(N3CCN(S(N)(=O)=O)CC3)nc(C3CCCC3)nc21. The number of aryl methyl sites for hydroxylation is 1. The Kier molecular flexibility index (Phi) is 4.13. The zero-order valence-electron chi connectivity index (χ0n) is 14.3. The summed E-state index contributed by atoms with van der Waals surface area (Å²) in [6.45, 7) is 1.84. The lowest BCUT2D eigenvalue weighted by atomic mass is 10.1. The molecule has 2 fully saturated rings. The summed E-state index contributed by atoms with van der Waals surface area (Å²) in [5.74, 6) is 2.15. The molecule has 0 aromatic carbocycles. The molecule has 0 atom stereocenters. The monoisotopic (exact) mass is 365 g/mol. The molecule has 1 saturated heterocycles. The molecule has 10 heteroatoms. The van der Waals surface area contributed by atoms with Crippen LogP contribution in [-0.2, 0) is 17.3 Å². The first-order valence-corrected chi connectivity index (χ1v) is 10.2. The summed E-state index contributed by atoms with van der Waals surface area (Å²) in [6, 6.07) is 0. The van der Waals surface area contributed by atoms with Crippen molar-refractivity contribution < 1.29 is 8.42 Å². The summed E-state index contributed by atoms with van der Waals surface area (Å²) in [7, 11) is -1.75. The predicted molar refractivity (Wildman–Crippen MR) is 94.4 cm³/mol. The average Bonchev–Trinajstić information content (AvgIpc) is 3.24. The number of anilines is 1. The van der Waals surface area contributed by atoms with Gasteiger partial charge in [0.2, 0.25) is 0 Å². The zero-order chi connectivity index (χ0) is 17.6. The lowest BCUT2D eigenvalue weighted by Crippen LogP contribution is -2.51. The first-order valence-electron chi connectivity index (χ1n) is 8.66. The van der Waals surface area contributed by atoms with E-state index in [0.717, 1.165) is 35.5 Å². The molecule has 2 aromatic heterocycles. The van der Waals surface area contributed by atoms with Crippen molar-refractivity contribution in [3.05, 3.63) is 12.0 Å². The van der Waals surface area contributed by atoms with Gasteiger partial charge in [-0.3, -0.25) is 4.68 Å². The van der Waals surface area contributed by atoms with Crippen LogP contribution in [0.3, 0.4) is 0 Å². The highest BCUT2D eigenvalue weighted by Gasteiger charge is 2.28. The standard InChI is InChI=1S/C15H23N7O2S/c1-20-14-12(10-17-20)15(19-13(18-14)11-4-2-3-5-11)21-6-8-22(9-7-21)25(16,23)24/h10-11H,2-9H2,1H3,(H2,16,23,24). The van der Waals surface area contributed by atoms with Gasteiger partial charge in [0.05, 0.1) is 11.6 Å². The summed E-state index contributed by atoms with van der Waals surface area (Å²) >= 11 is 0. The second-order valence-corrected chi connectivity index (χ2v) is 8.37. The molecule has 0 radical (unpaired) electrons. The maximum absolute atomic E-state index is 11.5. The number of hydrogen-bond donors (Lipinski definition) is 1. The van der Waals surface area contributed by atoms with Crippen LogP contribution >= 0.6 is 0 Å². The van der Waals surface area contributed by atoms with Crippen LogP contribution < -0.4 is 10.0 Å². The predicted octanol–water partition coefficient (Wildman–Crippen LogP) is 0.346. The molecule has 25 heavy (non-hydrogen) atoms. The van der Waals surface area contributed by atoms with Gasteiger partial charge in [0.15, 0.2) is 5.65 Å².